The van der Waals surface area contributed by atoms with Gasteiger partial charge in [0.25, 0.3) is 5.91 Å². The minimum absolute atomic E-state index is 0.172. The van der Waals surface area contributed by atoms with Gasteiger partial charge >= 0.3 is 5.97 Å². The lowest BCUT2D eigenvalue weighted by atomic mass is 10.0. The van der Waals surface area contributed by atoms with Gasteiger partial charge in [-0.15, -0.1) is 0 Å². The molecule has 0 saturated carbocycles. The lowest BCUT2D eigenvalue weighted by molar-refractivity contribution is -0.157. The minimum Gasteiger partial charge on any atom is -0.493 e. The molecule has 2 aromatic rings. The molecule has 0 bridgehead atoms. The van der Waals surface area contributed by atoms with Crippen LogP contribution in [0.2, 0.25) is 0 Å². The molecule has 2 aromatic carbocycles. The van der Waals surface area contributed by atoms with Crippen molar-refractivity contribution in [2.24, 2.45) is 0 Å². The van der Waals surface area contributed by atoms with Crippen LogP contribution in [-0.2, 0) is 14.3 Å². The Balaban J connectivity index is 1.75. The Morgan fingerprint density at radius 1 is 1.03 bits per heavy atom. The third-order valence-electron chi connectivity index (χ3n) is 4.27. The monoisotopic (exact) mass is 411 g/mol. The van der Waals surface area contributed by atoms with Gasteiger partial charge in [-0.05, 0) is 50.6 Å². The van der Waals surface area contributed by atoms with Crippen LogP contribution < -0.4 is 19.5 Å². The van der Waals surface area contributed by atoms with Gasteiger partial charge in [0.15, 0.2) is 18.1 Å². The maximum absolute atomic E-state index is 12.5. The van der Waals surface area contributed by atoms with E-state index in [0.29, 0.717) is 28.5 Å². The number of hydrogen-bond acceptors (Lipinski definition) is 6. The first-order chi connectivity index (χ1) is 14.2. The molecule has 7 heteroatoms. The van der Waals surface area contributed by atoms with Crippen LogP contribution in [0.3, 0.4) is 0 Å². The van der Waals surface area contributed by atoms with Crippen molar-refractivity contribution < 1.29 is 28.5 Å². The molecule has 30 heavy (non-hydrogen) atoms. The van der Waals surface area contributed by atoms with E-state index in [4.69, 9.17) is 18.9 Å². The molecule has 158 valence electrons. The summed E-state index contributed by atoms with van der Waals surface area (Å²) in [5, 5.41) is 2.84. The summed E-state index contributed by atoms with van der Waals surface area (Å²) in [6.07, 6.45) is 1.78. The largest absolute Gasteiger partial charge is 0.493 e. The van der Waals surface area contributed by atoms with Crippen molar-refractivity contribution in [1.29, 1.82) is 0 Å². The number of ether oxygens (including phenoxy) is 4. The van der Waals surface area contributed by atoms with E-state index >= 15 is 0 Å². The van der Waals surface area contributed by atoms with Crippen molar-refractivity contribution in [3.8, 4) is 17.2 Å². The zero-order valence-corrected chi connectivity index (χ0v) is 17.7. The summed E-state index contributed by atoms with van der Waals surface area (Å²) in [5.74, 6) is 0.988. The summed E-state index contributed by atoms with van der Waals surface area (Å²) in [6.45, 7) is 5.23. The second-order valence-electron chi connectivity index (χ2n) is 7.71. The first kappa shape index (κ1) is 21.2. The van der Waals surface area contributed by atoms with E-state index in [9.17, 15) is 9.59 Å². The van der Waals surface area contributed by atoms with E-state index in [-0.39, 0.29) is 12.5 Å². The Morgan fingerprint density at radius 3 is 2.27 bits per heavy atom. The molecule has 0 radical (unpaired) electrons. The van der Waals surface area contributed by atoms with Crippen LogP contribution in [0, 0.1) is 0 Å². The number of nitrogens with one attached hydrogen (secondary N) is 1. The van der Waals surface area contributed by atoms with Crippen molar-refractivity contribution in [2.75, 3.05) is 26.1 Å². The summed E-state index contributed by atoms with van der Waals surface area (Å²) in [7, 11) is 3.10. The first-order valence-corrected chi connectivity index (χ1v) is 9.44. The lowest BCUT2D eigenvalue weighted by Crippen LogP contribution is -2.27. The first-order valence-electron chi connectivity index (χ1n) is 9.44. The zero-order valence-electron chi connectivity index (χ0n) is 17.7. The van der Waals surface area contributed by atoms with Gasteiger partial charge in [0, 0.05) is 17.2 Å². The zero-order chi connectivity index (χ0) is 21.9. The molecule has 0 fully saturated rings. The molecule has 1 heterocycles. The number of anilines is 1. The summed E-state index contributed by atoms with van der Waals surface area (Å²) in [6, 6.07) is 10.6. The van der Waals surface area contributed by atoms with Gasteiger partial charge in [0.2, 0.25) is 0 Å². The minimum atomic E-state index is -0.554. The molecule has 3 rings (SSSR count). The number of benzene rings is 2. The molecule has 0 saturated heterocycles. The summed E-state index contributed by atoms with van der Waals surface area (Å²) < 4.78 is 21.3. The fourth-order valence-electron chi connectivity index (χ4n) is 3.00. The molecule has 0 aliphatic carbocycles. The van der Waals surface area contributed by atoms with Gasteiger partial charge in [-0.25, -0.2) is 4.79 Å². The standard InChI is InChI=1S/C23H25NO6/c1-23(2,3)30-21(25)13-29-15-8-6-14(7-9-15)10-17-16-11-19(27-4)20(28-5)12-18(16)24-22(17)26/h6-12H,13H2,1-5H3,(H,24,26). The Bertz CT molecular complexity index is 986. The Hall–Kier alpha value is -3.48. The van der Waals surface area contributed by atoms with Crippen molar-refractivity contribution in [3.05, 3.63) is 47.5 Å². The van der Waals surface area contributed by atoms with E-state index in [0.717, 1.165) is 11.1 Å². The van der Waals surface area contributed by atoms with Crippen LogP contribution in [0.5, 0.6) is 17.2 Å². The summed E-state index contributed by atoms with van der Waals surface area (Å²) in [5.41, 5.74) is 2.19. The normalized spacial score (nSPS) is 14.2. The highest BCUT2D eigenvalue weighted by Gasteiger charge is 2.26. The fourth-order valence-corrected chi connectivity index (χ4v) is 3.00. The number of hydrogen-bond donors (Lipinski definition) is 1. The number of amides is 1. The van der Waals surface area contributed by atoms with Gasteiger partial charge in [-0.2, -0.15) is 0 Å². The second kappa shape index (κ2) is 8.49. The van der Waals surface area contributed by atoms with Gasteiger partial charge < -0.3 is 24.3 Å². The summed E-state index contributed by atoms with van der Waals surface area (Å²) in [4.78, 5) is 24.2. The maximum Gasteiger partial charge on any atom is 0.344 e. The van der Waals surface area contributed by atoms with Crippen LogP contribution in [-0.4, -0.2) is 38.3 Å². The number of fused-ring (bicyclic) bond motifs is 1. The number of rotatable bonds is 6. The molecule has 1 amide bonds. The highest BCUT2D eigenvalue weighted by Crippen LogP contribution is 2.41. The number of carbonyl (C=O) groups is 2. The van der Waals surface area contributed by atoms with Crippen molar-refractivity contribution >= 4 is 29.2 Å². The average molecular weight is 411 g/mol. The average Bonchev–Trinajstić information content (AvgIpc) is 2.99. The van der Waals surface area contributed by atoms with Crippen LogP contribution in [0.1, 0.15) is 31.9 Å². The SMILES string of the molecule is COc1cc2c(cc1OC)C(=Cc1ccc(OCC(=O)OC(C)(C)C)cc1)C(=O)N2. The quantitative estimate of drug-likeness (QED) is 0.573. The van der Waals surface area contributed by atoms with E-state index < -0.39 is 11.6 Å². The predicted molar refractivity (Wildman–Crippen MR) is 114 cm³/mol. The molecular formula is C23H25NO6. The molecule has 7 nitrogen and oxygen atoms in total. The molecule has 1 aliphatic heterocycles. The molecule has 1 N–H and O–H groups in total. The van der Waals surface area contributed by atoms with Crippen LogP contribution >= 0.6 is 0 Å². The number of carbonyl (C=O) groups excluding carboxylic acids is 2. The Labute approximate surface area is 175 Å². The smallest absolute Gasteiger partial charge is 0.344 e. The number of esters is 1. The maximum atomic E-state index is 12.5. The van der Waals surface area contributed by atoms with Gasteiger partial charge in [0.1, 0.15) is 11.4 Å². The molecule has 0 atom stereocenters. The summed E-state index contributed by atoms with van der Waals surface area (Å²) >= 11 is 0. The van der Waals surface area contributed by atoms with Crippen molar-refractivity contribution in [1.82, 2.24) is 0 Å². The van der Waals surface area contributed by atoms with Gasteiger partial charge in [-0.1, -0.05) is 12.1 Å². The van der Waals surface area contributed by atoms with Crippen molar-refractivity contribution in [2.45, 2.75) is 26.4 Å². The number of methoxy groups -OCH3 is 2. The Kier molecular flexibility index (Phi) is 6.01. The second-order valence-corrected chi connectivity index (χ2v) is 7.71. The molecular weight excluding hydrogens is 386 g/mol. The van der Waals surface area contributed by atoms with Crippen molar-refractivity contribution in [3.63, 3.8) is 0 Å². The Morgan fingerprint density at radius 2 is 1.67 bits per heavy atom. The van der Waals surface area contributed by atoms with Crippen LogP contribution in [0.15, 0.2) is 36.4 Å². The van der Waals surface area contributed by atoms with Crippen LogP contribution in [0.25, 0.3) is 11.6 Å². The topological polar surface area (TPSA) is 83.1 Å². The van der Waals surface area contributed by atoms with E-state index in [1.54, 1.807) is 65.3 Å². The van der Waals surface area contributed by atoms with Crippen LogP contribution in [0.4, 0.5) is 5.69 Å². The highest BCUT2D eigenvalue weighted by atomic mass is 16.6. The van der Waals surface area contributed by atoms with E-state index in [2.05, 4.69) is 5.32 Å². The van der Waals surface area contributed by atoms with Gasteiger partial charge in [0.05, 0.1) is 19.9 Å². The predicted octanol–water partition coefficient (Wildman–Crippen LogP) is 3.92. The highest BCUT2D eigenvalue weighted by molar-refractivity contribution is 6.35. The molecule has 0 spiro atoms. The lowest BCUT2D eigenvalue weighted by Gasteiger charge is -2.19. The molecule has 1 aliphatic rings. The van der Waals surface area contributed by atoms with E-state index in [1.165, 1.54) is 0 Å². The fraction of sp³-hybridized carbons (Fsp3) is 0.304. The molecule has 0 aromatic heterocycles. The third kappa shape index (κ3) is 4.92. The van der Waals surface area contributed by atoms with E-state index in [1.807, 2.05) is 12.1 Å². The van der Waals surface area contributed by atoms with Gasteiger partial charge in [-0.3, -0.25) is 4.79 Å². The molecule has 0 unspecified atom stereocenters. The third-order valence-corrected chi connectivity index (χ3v) is 4.27.